The predicted octanol–water partition coefficient (Wildman–Crippen LogP) is 3.20. The van der Waals surface area contributed by atoms with Gasteiger partial charge in [-0.2, -0.15) is 30.3 Å². The van der Waals surface area contributed by atoms with Gasteiger partial charge in [0.1, 0.15) is 0 Å². The zero-order valence-electron chi connectivity index (χ0n) is 9.28. The van der Waals surface area contributed by atoms with Crippen LogP contribution in [0.4, 0.5) is 0 Å². The van der Waals surface area contributed by atoms with Crippen LogP contribution >= 0.6 is 0 Å². The van der Waals surface area contributed by atoms with E-state index in [1.807, 2.05) is 54.6 Å². The van der Waals surface area contributed by atoms with Crippen molar-refractivity contribution in [3.8, 4) is 0 Å². The van der Waals surface area contributed by atoms with Crippen LogP contribution in [-0.2, 0) is 22.7 Å². The molecule has 0 bridgehead atoms. The Morgan fingerprint density at radius 2 is 1.69 bits per heavy atom. The van der Waals surface area contributed by atoms with Crippen molar-refractivity contribution in [1.82, 2.24) is 0 Å². The molecular weight excluding hydrogens is 240 g/mol. The molecule has 1 unspecified atom stereocenters. The third-order valence-corrected chi connectivity index (χ3v) is 2.20. The van der Waals surface area contributed by atoms with Crippen LogP contribution in [0.1, 0.15) is 12.5 Å². The minimum Gasteiger partial charge on any atom is -0.394 e. The van der Waals surface area contributed by atoms with Crippen molar-refractivity contribution < 1.29 is 22.2 Å². The summed E-state index contributed by atoms with van der Waals surface area (Å²) in [6.45, 7) is 5.26. The first-order valence-electron chi connectivity index (χ1n) is 4.91. The molecule has 0 spiro atoms. The largest absolute Gasteiger partial charge is 2.00 e. The minimum atomic E-state index is -0.872. The molecular formula is C14H16FeO. The van der Waals surface area contributed by atoms with Crippen LogP contribution in [0.2, 0.25) is 0 Å². The van der Waals surface area contributed by atoms with Gasteiger partial charge in [-0.15, -0.1) is 12.1 Å². The molecule has 0 aliphatic heterocycles. The Balaban J connectivity index is 0.000000318. The molecule has 16 heavy (non-hydrogen) atoms. The molecule has 1 atom stereocenters. The van der Waals surface area contributed by atoms with Crippen molar-refractivity contribution in [3.05, 3.63) is 72.8 Å². The van der Waals surface area contributed by atoms with Crippen molar-refractivity contribution in [2.45, 2.75) is 12.5 Å². The summed E-state index contributed by atoms with van der Waals surface area (Å²) in [5.74, 6) is 0. The molecule has 0 heterocycles. The van der Waals surface area contributed by atoms with Gasteiger partial charge in [-0.25, -0.2) is 24.3 Å². The zero-order chi connectivity index (χ0) is 11.1. The first kappa shape index (κ1) is 14.9. The minimum absolute atomic E-state index is 0. The maximum absolute atomic E-state index is 9.57. The van der Waals surface area contributed by atoms with Crippen LogP contribution in [0, 0.1) is 0 Å². The van der Waals surface area contributed by atoms with E-state index in [4.69, 9.17) is 0 Å². The van der Waals surface area contributed by atoms with E-state index in [0.717, 1.165) is 5.56 Å². The fourth-order valence-corrected chi connectivity index (χ4v) is 1.15. The molecule has 2 aromatic carbocycles. The van der Waals surface area contributed by atoms with Gasteiger partial charge in [-0.1, -0.05) is 6.08 Å². The number of rotatable bonds is 2. The SMILES string of the molecule is C=CC(C)(O)[c-]1cccc1.[Fe+2].c1cc[cH-]c1. The van der Waals surface area contributed by atoms with Gasteiger partial charge >= 0.3 is 17.1 Å². The van der Waals surface area contributed by atoms with Crippen LogP contribution in [-0.4, -0.2) is 5.11 Å². The van der Waals surface area contributed by atoms with E-state index in [-0.39, 0.29) is 17.1 Å². The molecule has 0 aliphatic rings. The first-order chi connectivity index (χ1) is 7.17. The Bertz CT molecular complexity index is 340. The second-order valence-electron chi connectivity index (χ2n) is 3.49. The predicted molar refractivity (Wildman–Crippen MR) is 63.8 cm³/mol. The average molecular weight is 256 g/mol. The molecule has 0 saturated carbocycles. The van der Waals surface area contributed by atoms with Gasteiger partial charge in [-0.05, 0) is 6.92 Å². The van der Waals surface area contributed by atoms with E-state index in [2.05, 4.69) is 6.58 Å². The van der Waals surface area contributed by atoms with Crippen molar-refractivity contribution in [2.24, 2.45) is 0 Å². The quantitative estimate of drug-likeness (QED) is 0.497. The topological polar surface area (TPSA) is 20.2 Å². The number of hydrogen-bond donors (Lipinski definition) is 1. The third-order valence-electron chi connectivity index (χ3n) is 2.20. The Hall–Kier alpha value is -1.08. The van der Waals surface area contributed by atoms with E-state index in [0.29, 0.717) is 0 Å². The van der Waals surface area contributed by atoms with Gasteiger partial charge in [0.15, 0.2) is 0 Å². The maximum atomic E-state index is 9.57. The fourth-order valence-electron chi connectivity index (χ4n) is 1.15. The smallest absolute Gasteiger partial charge is 0.394 e. The van der Waals surface area contributed by atoms with Crippen molar-refractivity contribution in [2.75, 3.05) is 0 Å². The van der Waals surface area contributed by atoms with Crippen LogP contribution < -0.4 is 0 Å². The summed E-state index contributed by atoms with van der Waals surface area (Å²) < 4.78 is 0. The van der Waals surface area contributed by atoms with Gasteiger partial charge in [0, 0.05) is 0 Å². The Morgan fingerprint density at radius 3 is 2.00 bits per heavy atom. The van der Waals surface area contributed by atoms with E-state index in [1.54, 1.807) is 6.92 Å². The third kappa shape index (κ3) is 4.63. The molecule has 2 heteroatoms. The summed E-state index contributed by atoms with van der Waals surface area (Å²) in [6, 6.07) is 17.5. The Labute approximate surface area is 108 Å². The maximum Gasteiger partial charge on any atom is 2.00 e. The van der Waals surface area contributed by atoms with Gasteiger partial charge in [0.25, 0.3) is 0 Å². The second-order valence-corrected chi connectivity index (χ2v) is 3.49. The molecule has 2 aromatic rings. The van der Waals surface area contributed by atoms with E-state index in [1.165, 1.54) is 6.08 Å². The average Bonchev–Trinajstić information content (AvgIpc) is 2.93. The van der Waals surface area contributed by atoms with Gasteiger partial charge < -0.3 is 5.11 Å². The van der Waals surface area contributed by atoms with E-state index >= 15 is 0 Å². The van der Waals surface area contributed by atoms with Gasteiger partial charge in [0.05, 0.1) is 5.60 Å². The van der Waals surface area contributed by atoms with Gasteiger partial charge in [-0.3, -0.25) is 0 Å². The summed E-state index contributed by atoms with van der Waals surface area (Å²) in [5, 5.41) is 9.57. The fraction of sp³-hybridized carbons (Fsp3) is 0.143. The molecule has 0 fully saturated rings. The van der Waals surface area contributed by atoms with Crippen molar-refractivity contribution >= 4 is 0 Å². The van der Waals surface area contributed by atoms with Crippen LogP contribution in [0.5, 0.6) is 0 Å². The molecule has 0 aliphatic carbocycles. The van der Waals surface area contributed by atoms with E-state index < -0.39 is 5.60 Å². The number of hydrogen-bond acceptors (Lipinski definition) is 1. The summed E-state index contributed by atoms with van der Waals surface area (Å²) >= 11 is 0. The van der Waals surface area contributed by atoms with Gasteiger partial charge in [0.2, 0.25) is 0 Å². The van der Waals surface area contributed by atoms with Crippen LogP contribution in [0.15, 0.2) is 67.3 Å². The Kier molecular flexibility index (Phi) is 6.75. The van der Waals surface area contributed by atoms with Crippen LogP contribution in [0.25, 0.3) is 0 Å². The molecule has 2 rings (SSSR count). The summed E-state index contributed by atoms with van der Waals surface area (Å²) in [5.41, 5.74) is 0.0197. The van der Waals surface area contributed by atoms with Crippen LogP contribution in [0.3, 0.4) is 0 Å². The second kappa shape index (κ2) is 7.24. The molecule has 0 amide bonds. The number of aliphatic hydroxyl groups is 1. The summed E-state index contributed by atoms with van der Waals surface area (Å²) in [6.07, 6.45) is 1.53. The summed E-state index contributed by atoms with van der Waals surface area (Å²) in [4.78, 5) is 0. The zero-order valence-corrected chi connectivity index (χ0v) is 10.4. The summed E-state index contributed by atoms with van der Waals surface area (Å²) in [7, 11) is 0. The molecule has 1 N–H and O–H groups in total. The Morgan fingerprint density at radius 1 is 1.19 bits per heavy atom. The first-order valence-corrected chi connectivity index (χ1v) is 4.91. The normalized spacial score (nSPS) is 12.6. The van der Waals surface area contributed by atoms with E-state index in [9.17, 15) is 5.11 Å². The molecule has 0 aromatic heterocycles. The molecule has 1 nitrogen and oxygen atoms in total. The van der Waals surface area contributed by atoms with Crippen molar-refractivity contribution in [3.63, 3.8) is 0 Å². The monoisotopic (exact) mass is 256 g/mol. The molecule has 0 saturated heterocycles. The van der Waals surface area contributed by atoms with Crippen molar-refractivity contribution in [1.29, 1.82) is 0 Å². The molecule has 0 radical (unpaired) electrons. The standard InChI is InChI=1S/C9H11O.C5H5.Fe/c1-3-9(2,10)8-6-4-5-7-8;1-2-4-5-3-1;/h3-7,10H,1H2,2H3;1-5H;/q2*-1;+2. The molecule has 86 valence electrons.